The molecule has 0 saturated heterocycles. The molecule has 0 saturated carbocycles. The number of hydrogen-bond acceptors (Lipinski definition) is 25. The summed E-state index contributed by atoms with van der Waals surface area (Å²) in [4.78, 5) is 74.0. The minimum atomic E-state index is -3.74. The number of carbonyl (C=O) groups is 4. The van der Waals surface area contributed by atoms with E-state index in [1.165, 1.54) is 47.6 Å². The van der Waals surface area contributed by atoms with Gasteiger partial charge in [-0.1, -0.05) is 146 Å². The molecule has 0 fully saturated rings. The Morgan fingerprint density at radius 2 is 0.577 bits per heavy atom. The van der Waals surface area contributed by atoms with Crippen molar-refractivity contribution in [1.82, 2.24) is 39.1 Å². The van der Waals surface area contributed by atoms with Crippen LogP contribution in [0.25, 0.3) is 43.6 Å². The maximum Gasteiger partial charge on any atom is 1.00 e. The van der Waals surface area contributed by atoms with Crippen LogP contribution in [-0.4, -0.2) is 188 Å². The third-order valence-corrected chi connectivity index (χ3v) is 21.2. The van der Waals surface area contributed by atoms with Crippen LogP contribution < -0.4 is 43.5 Å². The number of Topliss-reactive ketones (excluding diaryl/α,β-unsaturated/α-hetero) is 2. The molecule has 123 heavy (non-hydrogen) atoms. The first kappa shape index (κ1) is 101. The minimum absolute atomic E-state index is 0. The molecular weight excluding hydrogens is 1620 g/mol. The molecule has 0 spiro atoms. The van der Waals surface area contributed by atoms with E-state index in [0.717, 1.165) is 87.0 Å². The van der Waals surface area contributed by atoms with Crippen LogP contribution in [0.5, 0.6) is 23.0 Å². The normalized spacial score (nSPS) is 10.3. The molecule has 14 aromatic rings. The van der Waals surface area contributed by atoms with Crippen molar-refractivity contribution in [3.05, 3.63) is 329 Å². The van der Waals surface area contributed by atoms with Crippen molar-refractivity contribution in [2.24, 2.45) is 5.73 Å². The Balaban J connectivity index is 0.000000405. The van der Waals surface area contributed by atoms with Crippen molar-refractivity contribution in [2.45, 2.75) is 49.8 Å². The number of ether oxygens (including phenoxy) is 6. The smallest absolute Gasteiger partial charge is 1.00 e. The van der Waals surface area contributed by atoms with Crippen LogP contribution in [0.1, 0.15) is 76.2 Å². The molecule has 37 heteroatoms. The molecule has 0 aliphatic carbocycles. The largest absolute Gasteiger partial charge is 1.00 e. The molecule has 10 aromatic carbocycles. The average Bonchev–Trinajstić information content (AvgIpc) is 1.78. The maximum atomic E-state index is 12.8. The summed E-state index contributed by atoms with van der Waals surface area (Å²) in [5.74, 6) is -0.588. The van der Waals surface area contributed by atoms with E-state index in [2.05, 4.69) is 26.1 Å². The first-order chi connectivity index (χ1) is 57.4. The standard InChI is InChI=1S/2C24H22N2O4S.2C17H16N2O3.3CH3NO2.CH5N.Li.2H2O.H/c2*1-17-7-3-6-10-24(17)31(28,29)16-22(27)18-11-12-20(23(13-18)30-2)15-26-21-9-5-4-8-19(21)14-25-26;2*1-21-16-9-12(17(20)22-2)7-8-14(16)11-19-15-6-4-3-5-13(15)10-18-19;3*1-2(3)4;1-2;;;;/h2*3-14H,15-16H2,1-2H3;2*3-10H,11H2,1-2H3;3*1H3;2H2,1H3;;2*1H2;/q;;;;;;;;+1;;;-1. The summed E-state index contributed by atoms with van der Waals surface area (Å²) in [6, 6.07) is 65.7. The van der Waals surface area contributed by atoms with Crippen molar-refractivity contribution in [1.29, 1.82) is 0 Å². The van der Waals surface area contributed by atoms with Gasteiger partial charge < -0.3 is 46.5 Å². The molecule has 644 valence electrons. The average molecular weight is 1720 g/mol. The Morgan fingerprint density at radius 3 is 0.805 bits per heavy atom. The predicted octanol–water partition coefficient (Wildman–Crippen LogP) is 8.60. The molecule has 4 aromatic heterocycles. The van der Waals surface area contributed by atoms with Gasteiger partial charge in [-0.3, -0.25) is 58.7 Å². The molecule has 0 unspecified atom stereocenters. The van der Waals surface area contributed by atoms with E-state index in [1.807, 2.05) is 140 Å². The zero-order valence-corrected chi connectivity index (χ0v) is 71.4. The van der Waals surface area contributed by atoms with E-state index in [0.29, 0.717) is 82.6 Å². The van der Waals surface area contributed by atoms with Gasteiger partial charge in [0.05, 0.1) is 137 Å². The first-order valence-corrected chi connectivity index (χ1v) is 39.6. The van der Waals surface area contributed by atoms with E-state index in [-0.39, 0.29) is 53.0 Å². The van der Waals surface area contributed by atoms with Crippen molar-refractivity contribution in [2.75, 3.05) is 82.4 Å². The third kappa shape index (κ3) is 28.7. The SMILES string of the molecule is CN.COC(=O)c1ccc(Cn2ncc3ccccc32)c(OC)c1.COC(=O)c1ccc(Cn2ncc3ccccc32)c(OC)c1.COc1cc(C(=O)CS(=O)(=O)c2ccccc2C)ccc1Cn1ncc2ccccc21.COc1cc(C(=O)CS(=O)(=O)c2ccccc2C)ccc1Cn1ncc2ccccc21.C[N+](=O)[O-].C[N+](=O)[O-].C[N+](=O)[O-].O.O.[H-].[Li+]. The molecule has 0 radical (unpaired) electrons. The molecule has 0 aliphatic rings. The first-order valence-electron chi connectivity index (χ1n) is 36.3. The molecule has 0 aliphatic heterocycles. The molecule has 4 heterocycles. The van der Waals surface area contributed by atoms with Crippen molar-refractivity contribution >= 4 is 86.8 Å². The number of nitrogens with two attached hydrogens (primary N) is 1. The molecule has 14 rings (SSSR count). The number of carbonyl (C=O) groups excluding carboxylic acids is 4. The predicted molar refractivity (Wildman–Crippen MR) is 462 cm³/mol. The summed E-state index contributed by atoms with van der Waals surface area (Å²) in [6.07, 6.45) is 7.28. The molecule has 0 amide bonds. The van der Waals surface area contributed by atoms with Gasteiger partial charge in [0.2, 0.25) is 0 Å². The topological polar surface area (TPSA) is 482 Å². The fourth-order valence-corrected chi connectivity index (χ4v) is 15.1. The Bertz CT molecular complexity index is 5790. The summed E-state index contributed by atoms with van der Waals surface area (Å²) < 4.78 is 89.7. The number of ketones is 2. The van der Waals surface area contributed by atoms with Gasteiger partial charge in [-0.2, -0.15) is 20.4 Å². The number of nitrogens with zero attached hydrogens (tertiary/aromatic N) is 11. The number of methoxy groups -OCH3 is 6. The number of benzene rings is 10. The second kappa shape index (κ2) is 49.0. The van der Waals surface area contributed by atoms with Crippen LogP contribution in [0.15, 0.2) is 253 Å². The van der Waals surface area contributed by atoms with Crippen LogP contribution in [0.3, 0.4) is 0 Å². The zero-order chi connectivity index (χ0) is 87.8. The minimum Gasteiger partial charge on any atom is -1.00 e. The van der Waals surface area contributed by atoms with E-state index in [4.69, 9.17) is 58.8 Å². The van der Waals surface area contributed by atoms with Crippen molar-refractivity contribution < 1.29 is 110 Å². The second-order valence-corrected chi connectivity index (χ2v) is 29.7. The Morgan fingerprint density at radius 1 is 0.366 bits per heavy atom. The number of fused-ring (bicyclic) bond motifs is 4. The van der Waals surface area contributed by atoms with Gasteiger partial charge >= 0.3 is 30.8 Å². The van der Waals surface area contributed by atoms with Gasteiger partial charge in [0.1, 0.15) is 34.5 Å². The molecule has 6 N–H and O–H groups in total. The second-order valence-electron chi connectivity index (χ2n) is 25.7. The van der Waals surface area contributed by atoms with Crippen LogP contribution in [-0.2, 0) is 55.3 Å². The number of esters is 2. The van der Waals surface area contributed by atoms with Gasteiger partial charge in [-0.25, -0.2) is 26.4 Å². The van der Waals surface area contributed by atoms with Crippen LogP contribution in [0.4, 0.5) is 0 Å². The van der Waals surface area contributed by atoms with E-state index in [9.17, 15) is 36.0 Å². The fourth-order valence-electron chi connectivity index (χ4n) is 12.1. The van der Waals surface area contributed by atoms with Crippen molar-refractivity contribution in [3.8, 4) is 23.0 Å². The van der Waals surface area contributed by atoms with Crippen LogP contribution >= 0.6 is 0 Å². The Hall–Kier alpha value is -13.9. The van der Waals surface area contributed by atoms with Crippen LogP contribution in [0, 0.1) is 44.2 Å². The molecule has 0 bridgehead atoms. The Labute approximate surface area is 722 Å². The van der Waals surface area contributed by atoms with Gasteiger partial charge in [-0.15, -0.1) is 0 Å². The van der Waals surface area contributed by atoms with Crippen molar-refractivity contribution in [3.63, 3.8) is 0 Å². The number of sulfone groups is 2. The number of rotatable bonds is 22. The Kier molecular flexibility index (Phi) is 40.4. The van der Waals surface area contributed by atoms with Crippen LogP contribution in [0.2, 0.25) is 0 Å². The molecular formula is C86H95LiN12O22S2. The summed E-state index contributed by atoms with van der Waals surface area (Å²) >= 11 is 0. The van der Waals surface area contributed by atoms with Gasteiger partial charge in [0.25, 0.3) is 0 Å². The van der Waals surface area contributed by atoms with Gasteiger partial charge in [0, 0.05) is 69.7 Å². The quantitative estimate of drug-likeness (QED) is 0.0218. The molecule has 0 atom stereocenters. The maximum absolute atomic E-state index is 12.8. The fraction of sp³-hybridized carbons (Fsp3) is 0.209. The number of aromatic nitrogens is 8. The van der Waals surface area contributed by atoms with Gasteiger partial charge in [0.15, 0.2) is 52.4 Å². The number of nitro groups is 3. The van der Waals surface area contributed by atoms with E-state index in [1.54, 1.807) is 138 Å². The van der Waals surface area contributed by atoms with E-state index >= 15 is 0 Å². The molecule has 34 nitrogen and oxygen atoms in total. The third-order valence-electron chi connectivity index (χ3n) is 17.6. The van der Waals surface area contributed by atoms with Gasteiger partial charge in [-0.05, 0) is 105 Å². The summed E-state index contributed by atoms with van der Waals surface area (Å²) in [7, 11) is 5.63. The summed E-state index contributed by atoms with van der Waals surface area (Å²) in [5.41, 5.74) is 14.9. The number of para-hydroxylation sites is 4. The summed E-state index contributed by atoms with van der Waals surface area (Å²) in [5, 5.41) is 48.3. The summed E-state index contributed by atoms with van der Waals surface area (Å²) in [6.45, 7) is 5.50. The number of hydrogen-bond donors (Lipinski definition) is 1. The monoisotopic (exact) mass is 1720 g/mol. The zero-order valence-electron chi connectivity index (χ0n) is 70.8. The van der Waals surface area contributed by atoms with E-state index < -0.39 is 57.5 Å². The number of aryl methyl sites for hydroxylation is 2.